The van der Waals surface area contributed by atoms with Crippen molar-refractivity contribution in [2.75, 3.05) is 41.2 Å². The number of β-lactam (4-membered cyclic amide) rings is 1. The second kappa shape index (κ2) is 10.3. The molecule has 1 fully saturated rings. The number of methoxy groups -OCH3 is 3. The predicted octanol–water partition coefficient (Wildman–Crippen LogP) is 0.130. The Morgan fingerprint density at radius 3 is 2.41 bits per heavy atom. The maximum atomic E-state index is 13.3. The van der Waals surface area contributed by atoms with E-state index in [1.807, 2.05) is 5.38 Å². The first-order chi connectivity index (χ1) is 16.2. The average Bonchev–Trinajstić information content (AvgIpc) is 3.28. The van der Waals surface area contributed by atoms with Crippen molar-refractivity contribution in [3.63, 3.8) is 0 Å². The van der Waals surface area contributed by atoms with Crippen molar-refractivity contribution in [2.24, 2.45) is 5.73 Å². The molecule has 0 aliphatic carbocycles. The van der Waals surface area contributed by atoms with E-state index in [9.17, 15) is 24.3 Å². The molecule has 3 heterocycles. The van der Waals surface area contributed by atoms with Gasteiger partial charge >= 0.3 is 12.1 Å². The van der Waals surface area contributed by atoms with Gasteiger partial charge in [0.15, 0.2) is 0 Å². The van der Waals surface area contributed by atoms with Gasteiger partial charge in [-0.25, -0.2) is 9.59 Å². The Kier molecular flexibility index (Phi) is 7.88. The van der Waals surface area contributed by atoms with Gasteiger partial charge in [-0.2, -0.15) is 0 Å². The minimum atomic E-state index is -1.82. The van der Waals surface area contributed by atoms with Gasteiger partial charge in [0.05, 0.1) is 24.4 Å². The highest BCUT2D eigenvalue weighted by Gasteiger charge is 2.70. The number of ether oxygens (including phenoxy) is 4. The third-order valence-corrected chi connectivity index (χ3v) is 7.99. The van der Waals surface area contributed by atoms with Crippen LogP contribution in [0.1, 0.15) is 4.88 Å². The third-order valence-electron chi connectivity index (χ3n) is 5.41. The number of carboxylic acids is 1. The summed E-state index contributed by atoms with van der Waals surface area (Å²) in [6, 6.07) is 3.59. The van der Waals surface area contributed by atoms with Crippen LogP contribution in [-0.2, 0) is 39.8 Å². The third kappa shape index (κ3) is 4.51. The lowest BCUT2D eigenvalue weighted by molar-refractivity contribution is -0.193. The Hall–Kier alpha value is -2.65. The molecule has 1 saturated heterocycles. The van der Waals surface area contributed by atoms with Crippen molar-refractivity contribution in [1.82, 2.24) is 10.2 Å². The molecule has 2 atom stereocenters. The van der Waals surface area contributed by atoms with Gasteiger partial charge in [-0.05, 0) is 11.4 Å². The fourth-order valence-electron chi connectivity index (χ4n) is 4.01. The van der Waals surface area contributed by atoms with Gasteiger partial charge < -0.3 is 35.1 Å². The van der Waals surface area contributed by atoms with Crippen LogP contribution in [0.2, 0.25) is 0 Å². The zero-order valence-corrected chi connectivity index (χ0v) is 20.3. The summed E-state index contributed by atoms with van der Waals surface area (Å²) in [6.45, 7) is -0.611. The van der Waals surface area contributed by atoms with E-state index >= 15 is 0 Å². The summed E-state index contributed by atoms with van der Waals surface area (Å²) < 4.78 is 19.9. The lowest BCUT2D eigenvalue weighted by Crippen LogP contribution is -2.82. The second-order valence-corrected chi connectivity index (χ2v) is 9.99. The lowest BCUT2D eigenvalue weighted by Gasteiger charge is -2.59. The number of rotatable bonds is 11. The Morgan fingerprint density at radius 2 is 1.91 bits per heavy atom. The normalized spacial score (nSPS) is 23.2. The molecule has 3 amide bonds. The van der Waals surface area contributed by atoms with Gasteiger partial charge in [-0.3, -0.25) is 14.5 Å². The van der Waals surface area contributed by atoms with Gasteiger partial charge in [-0.1, -0.05) is 6.07 Å². The average molecular weight is 516 g/mol. The van der Waals surface area contributed by atoms with Gasteiger partial charge in [0.25, 0.3) is 11.6 Å². The number of aliphatic carboxylic acids is 1. The first kappa shape index (κ1) is 26.0. The van der Waals surface area contributed by atoms with Crippen LogP contribution in [0.25, 0.3) is 0 Å². The highest BCUT2D eigenvalue weighted by Crippen LogP contribution is 2.54. The van der Waals surface area contributed by atoms with E-state index in [-0.39, 0.29) is 25.2 Å². The summed E-state index contributed by atoms with van der Waals surface area (Å²) in [6.07, 6.45) is -1.09. The summed E-state index contributed by atoms with van der Waals surface area (Å²) in [5.74, 6) is -2.68. The van der Waals surface area contributed by atoms with E-state index < -0.39 is 52.0 Å². The van der Waals surface area contributed by atoms with Crippen LogP contribution in [0.5, 0.6) is 0 Å². The number of hydrogen-bond donors (Lipinski definition) is 3. The number of primary amides is 1. The Morgan fingerprint density at radius 1 is 1.24 bits per heavy atom. The number of carboxylic acid groups (broad SMARTS) is 1. The SMILES string of the molecule is COCC1(COC)S[C@@H]2N(C(=O)[C@]2(NC(=O)Cc2cccs2)OC)C(C(=O)O)=C1COC(N)=O. The minimum Gasteiger partial charge on any atom is -0.477 e. The molecular formula is C20H25N3O9S2. The zero-order chi connectivity index (χ0) is 25.1. The van der Waals surface area contributed by atoms with E-state index in [1.165, 1.54) is 32.7 Å². The van der Waals surface area contributed by atoms with Crippen molar-refractivity contribution in [3.05, 3.63) is 33.7 Å². The van der Waals surface area contributed by atoms with Crippen LogP contribution in [0.15, 0.2) is 28.8 Å². The van der Waals surface area contributed by atoms with Gasteiger partial charge in [0.2, 0.25) is 5.91 Å². The summed E-state index contributed by atoms with van der Waals surface area (Å²) in [7, 11) is 4.08. The van der Waals surface area contributed by atoms with E-state index in [2.05, 4.69) is 5.32 Å². The fourth-order valence-corrected chi connectivity index (χ4v) is 6.54. The molecule has 4 N–H and O–H groups in total. The number of carbonyl (C=O) groups excluding carboxylic acids is 3. The molecule has 34 heavy (non-hydrogen) atoms. The summed E-state index contributed by atoms with van der Waals surface area (Å²) in [5.41, 5.74) is 2.94. The van der Waals surface area contributed by atoms with Crippen LogP contribution in [0.3, 0.4) is 0 Å². The zero-order valence-electron chi connectivity index (χ0n) is 18.7. The Bertz CT molecular complexity index is 991. The largest absolute Gasteiger partial charge is 0.477 e. The fraction of sp³-hybridized carbons (Fsp3) is 0.500. The molecule has 0 bridgehead atoms. The molecule has 0 saturated carbocycles. The number of nitrogens with one attached hydrogen (secondary N) is 1. The molecule has 0 radical (unpaired) electrons. The van der Waals surface area contributed by atoms with E-state index in [4.69, 9.17) is 24.7 Å². The molecule has 0 spiro atoms. The Labute approximate surface area is 203 Å². The van der Waals surface area contributed by atoms with Gasteiger partial charge in [0, 0.05) is 31.8 Å². The quantitative estimate of drug-likeness (QED) is 0.272. The highest BCUT2D eigenvalue weighted by atomic mass is 32.2. The topological polar surface area (TPSA) is 167 Å². The van der Waals surface area contributed by atoms with Crippen LogP contribution < -0.4 is 11.1 Å². The van der Waals surface area contributed by atoms with Crippen molar-refractivity contribution in [3.8, 4) is 0 Å². The van der Waals surface area contributed by atoms with Crippen LogP contribution >= 0.6 is 23.1 Å². The molecule has 1 aromatic rings. The number of nitrogens with zero attached hydrogens (tertiary/aromatic N) is 1. The number of hydrogen-bond acceptors (Lipinski definition) is 10. The van der Waals surface area contributed by atoms with Crippen LogP contribution in [0.4, 0.5) is 4.79 Å². The summed E-state index contributed by atoms with van der Waals surface area (Å²) in [4.78, 5) is 51.5. The number of thioether (sulfide) groups is 1. The van der Waals surface area contributed by atoms with Gasteiger partial charge in [0.1, 0.15) is 17.7 Å². The highest BCUT2D eigenvalue weighted by molar-refractivity contribution is 8.01. The standard InChI is InChI=1S/C20H25N3O9S2/c1-29-9-19(10-30-2)12(8-32-18(21)28)14(15(25)26)23-16(27)20(31-3,17(23)34-19)22-13(24)7-11-5-4-6-33-11/h4-6,17H,7-10H2,1-3H3,(H2,21,28)(H,22,24)(H,25,26)/t17-,20-/m0/s1. The predicted molar refractivity (Wildman–Crippen MR) is 121 cm³/mol. The molecule has 2 aliphatic rings. The molecule has 3 rings (SSSR count). The van der Waals surface area contributed by atoms with Crippen LogP contribution in [0, 0.1) is 0 Å². The van der Waals surface area contributed by atoms with E-state index in [0.717, 1.165) is 21.5 Å². The molecule has 0 unspecified atom stereocenters. The molecule has 12 nitrogen and oxygen atoms in total. The van der Waals surface area contributed by atoms with Crippen molar-refractivity contribution in [1.29, 1.82) is 0 Å². The molecular weight excluding hydrogens is 490 g/mol. The van der Waals surface area contributed by atoms with Crippen molar-refractivity contribution >= 4 is 47.0 Å². The lowest BCUT2D eigenvalue weighted by atomic mass is 9.91. The maximum absolute atomic E-state index is 13.3. The smallest absolute Gasteiger partial charge is 0.404 e. The molecule has 1 aromatic heterocycles. The molecule has 14 heteroatoms. The molecule has 0 aromatic carbocycles. The Balaban J connectivity index is 2.05. The first-order valence-corrected chi connectivity index (χ1v) is 11.7. The first-order valence-electron chi connectivity index (χ1n) is 9.92. The minimum absolute atomic E-state index is 0.0219. The summed E-state index contributed by atoms with van der Waals surface area (Å²) in [5, 5.41) is 13.5. The number of nitrogens with two attached hydrogens (primary N) is 1. The van der Waals surface area contributed by atoms with Crippen molar-refractivity contribution < 1.29 is 43.2 Å². The van der Waals surface area contributed by atoms with Crippen LogP contribution in [-0.4, -0.2) is 90.9 Å². The van der Waals surface area contributed by atoms with Gasteiger partial charge in [-0.15, -0.1) is 23.1 Å². The number of fused-ring (bicyclic) bond motifs is 1. The van der Waals surface area contributed by atoms with Crippen molar-refractivity contribution in [2.45, 2.75) is 22.3 Å². The monoisotopic (exact) mass is 515 g/mol. The van der Waals surface area contributed by atoms with E-state index in [0.29, 0.717) is 0 Å². The molecule has 2 aliphatic heterocycles. The number of amides is 3. The second-order valence-electron chi connectivity index (χ2n) is 7.49. The number of carbonyl (C=O) groups is 4. The number of thiophene rings is 1. The summed E-state index contributed by atoms with van der Waals surface area (Å²) >= 11 is 2.50. The van der Waals surface area contributed by atoms with E-state index in [1.54, 1.807) is 12.1 Å². The molecule has 186 valence electrons. The maximum Gasteiger partial charge on any atom is 0.404 e.